The fraction of sp³-hybridized carbons (Fsp3) is 0.200. The minimum Gasteiger partial charge on any atom is -0.314 e. The quantitative estimate of drug-likeness (QED) is 0.693. The van der Waals surface area contributed by atoms with E-state index in [0.29, 0.717) is 0 Å². The van der Waals surface area contributed by atoms with Crippen LogP contribution >= 0.6 is 0 Å². The smallest absolute Gasteiger partial charge is 0.250 e. The molecular formula is C20H23N3O2. The third-order valence-corrected chi connectivity index (χ3v) is 3.47. The fourth-order valence-corrected chi connectivity index (χ4v) is 2.22. The second-order valence-corrected chi connectivity index (χ2v) is 5.42. The molecule has 0 radical (unpaired) electrons. The van der Waals surface area contributed by atoms with Gasteiger partial charge in [0.05, 0.1) is 0 Å². The zero-order valence-corrected chi connectivity index (χ0v) is 14.1. The summed E-state index contributed by atoms with van der Waals surface area (Å²) >= 11 is 0. The first-order valence-electron chi connectivity index (χ1n) is 8.30. The van der Waals surface area contributed by atoms with E-state index >= 15 is 0 Å². The van der Waals surface area contributed by atoms with E-state index in [-0.39, 0.29) is 11.8 Å². The molecular weight excluding hydrogens is 314 g/mol. The average molecular weight is 337 g/mol. The van der Waals surface area contributed by atoms with Crippen LogP contribution in [-0.2, 0) is 9.59 Å². The molecule has 1 fully saturated rings. The van der Waals surface area contributed by atoms with Crippen LogP contribution in [0.3, 0.4) is 0 Å². The number of hydrogen-bond acceptors (Lipinski definition) is 4. The van der Waals surface area contributed by atoms with Gasteiger partial charge in [0.15, 0.2) is 0 Å². The van der Waals surface area contributed by atoms with Gasteiger partial charge in [0.1, 0.15) is 0 Å². The monoisotopic (exact) mass is 337 g/mol. The molecule has 0 saturated carbocycles. The zero-order valence-electron chi connectivity index (χ0n) is 14.1. The van der Waals surface area contributed by atoms with E-state index in [4.69, 9.17) is 0 Å². The van der Waals surface area contributed by atoms with Crippen LogP contribution in [0.15, 0.2) is 72.8 Å². The summed E-state index contributed by atoms with van der Waals surface area (Å²) in [6.45, 7) is 4.56. The van der Waals surface area contributed by atoms with Crippen molar-refractivity contribution in [3.63, 3.8) is 0 Å². The Morgan fingerprint density at radius 1 is 0.560 bits per heavy atom. The first-order valence-corrected chi connectivity index (χ1v) is 8.30. The van der Waals surface area contributed by atoms with Gasteiger partial charge in [0.2, 0.25) is 0 Å². The summed E-state index contributed by atoms with van der Waals surface area (Å²) in [6.07, 6.45) is 2.39. The molecule has 0 aliphatic carbocycles. The van der Waals surface area contributed by atoms with Crippen LogP contribution in [0.1, 0.15) is 0 Å². The van der Waals surface area contributed by atoms with Gasteiger partial charge in [-0.25, -0.2) is 0 Å². The molecule has 2 aromatic carbocycles. The maximum atomic E-state index is 10.0. The number of amides is 2. The summed E-state index contributed by atoms with van der Waals surface area (Å²) in [7, 11) is 0. The second kappa shape index (κ2) is 10.9. The average Bonchev–Trinajstić information content (AvgIpc) is 3.08. The molecule has 1 saturated heterocycles. The Bertz CT molecular complexity index is 616. The Hall–Kier alpha value is -2.76. The lowest BCUT2D eigenvalue weighted by molar-refractivity contribution is -0.123. The summed E-state index contributed by atoms with van der Waals surface area (Å²) < 4.78 is 0. The Morgan fingerprint density at radius 3 is 1.16 bits per heavy atom. The van der Waals surface area contributed by atoms with Crippen molar-refractivity contribution >= 4 is 11.8 Å². The lowest BCUT2D eigenvalue weighted by Gasteiger charge is -2.11. The summed E-state index contributed by atoms with van der Waals surface area (Å²) in [5.41, 5.74) is 2.55. The molecule has 0 aromatic heterocycles. The predicted molar refractivity (Wildman–Crippen MR) is 99.9 cm³/mol. The van der Waals surface area contributed by atoms with Gasteiger partial charge < -0.3 is 10.6 Å². The third kappa shape index (κ3) is 7.56. The predicted octanol–water partition coefficient (Wildman–Crippen LogP) is 1.73. The molecule has 2 amide bonds. The second-order valence-electron chi connectivity index (χ2n) is 5.42. The highest BCUT2D eigenvalue weighted by atomic mass is 16.2. The van der Waals surface area contributed by atoms with Crippen LogP contribution in [0.5, 0.6) is 0 Å². The van der Waals surface area contributed by atoms with Crippen molar-refractivity contribution in [3.8, 4) is 11.1 Å². The van der Waals surface area contributed by atoms with Gasteiger partial charge in [-0.2, -0.15) is 0 Å². The molecule has 2 aliphatic rings. The van der Waals surface area contributed by atoms with Crippen LogP contribution < -0.4 is 16.0 Å². The number of carbonyl (C=O) groups excluding carboxylic acids is 2. The molecule has 2 aromatic rings. The first-order chi connectivity index (χ1) is 12.3. The lowest BCUT2D eigenvalue weighted by Crippen LogP contribution is -2.39. The van der Waals surface area contributed by atoms with E-state index in [1.807, 2.05) is 17.4 Å². The summed E-state index contributed by atoms with van der Waals surface area (Å²) in [5.74, 6) is -0.657. The molecule has 25 heavy (non-hydrogen) atoms. The number of hydrogen-bond donors (Lipinski definition) is 3. The molecule has 5 nitrogen and oxygen atoms in total. The number of imide groups is 1. The van der Waals surface area contributed by atoms with Crippen molar-refractivity contribution < 1.29 is 9.59 Å². The summed E-state index contributed by atoms with van der Waals surface area (Å²) in [5, 5.41) is 8.47. The largest absolute Gasteiger partial charge is 0.314 e. The van der Waals surface area contributed by atoms with Gasteiger partial charge in [0.25, 0.3) is 11.8 Å². The topological polar surface area (TPSA) is 70.2 Å². The Kier molecular flexibility index (Phi) is 8.11. The van der Waals surface area contributed by atoms with Crippen molar-refractivity contribution in [1.82, 2.24) is 16.0 Å². The molecule has 2 aliphatic heterocycles. The van der Waals surface area contributed by atoms with E-state index < -0.39 is 0 Å². The number of piperazine rings is 1. The van der Waals surface area contributed by atoms with E-state index in [0.717, 1.165) is 26.2 Å². The normalized spacial score (nSPS) is 15.4. The molecule has 2 heterocycles. The van der Waals surface area contributed by atoms with E-state index in [1.165, 1.54) is 23.3 Å². The van der Waals surface area contributed by atoms with Crippen LogP contribution in [0.2, 0.25) is 0 Å². The van der Waals surface area contributed by atoms with Crippen molar-refractivity contribution in [2.45, 2.75) is 0 Å². The van der Waals surface area contributed by atoms with Gasteiger partial charge >= 0.3 is 0 Å². The van der Waals surface area contributed by atoms with E-state index in [2.05, 4.69) is 59.2 Å². The lowest BCUT2D eigenvalue weighted by atomic mass is 10.1. The van der Waals surface area contributed by atoms with Gasteiger partial charge in [0, 0.05) is 38.3 Å². The molecule has 0 spiro atoms. The maximum absolute atomic E-state index is 10.0. The highest BCUT2D eigenvalue weighted by Crippen LogP contribution is 2.17. The minimum atomic E-state index is -0.329. The summed E-state index contributed by atoms with van der Waals surface area (Å²) in [4.78, 5) is 20.1. The van der Waals surface area contributed by atoms with Gasteiger partial charge in [-0.3, -0.25) is 14.9 Å². The third-order valence-electron chi connectivity index (χ3n) is 3.47. The molecule has 0 bridgehead atoms. The maximum Gasteiger partial charge on any atom is 0.250 e. The number of benzene rings is 2. The Morgan fingerprint density at radius 2 is 0.920 bits per heavy atom. The van der Waals surface area contributed by atoms with Crippen LogP contribution in [-0.4, -0.2) is 38.0 Å². The Labute approximate surface area is 148 Å². The SMILES string of the molecule is C1CNCCN1.O=C1C=CC(=O)N1.c1ccc(-c2ccccc2)cc1. The van der Waals surface area contributed by atoms with Crippen molar-refractivity contribution in [2.24, 2.45) is 0 Å². The highest BCUT2D eigenvalue weighted by Gasteiger charge is 2.06. The van der Waals surface area contributed by atoms with Gasteiger partial charge in [-0.05, 0) is 11.1 Å². The van der Waals surface area contributed by atoms with E-state index in [9.17, 15) is 9.59 Å². The van der Waals surface area contributed by atoms with Crippen molar-refractivity contribution in [2.75, 3.05) is 26.2 Å². The van der Waals surface area contributed by atoms with Gasteiger partial charge in [-0.1, -0.05) is 60.7 Å². The van der Waals surface area contributed by atoms with Gasteiger partial charge in [-0.15, -0.1) is 0 Å². The van der Waals surface area contributed by atoms with Crippen LogP contribution in [0, 0.1) is 0 Å². The Balaban J connectivity index is 0.000000148. The first kappa shape index (κ1) is 18.6. The van der Waals surface area contributed by atoms with Crippen molar-refractivity contribution in [1.29, 1.82) is 0 Å². The molecule has 0 atom stereocenters. The van der Waals surface area contributed by atoms with Crippen molar-refractivity contribution in [3.05, 3.63) is 72.8 Å². The molecule has 5 heteroatoms. The fourth-order valence-electron chi connectivity index (χ4n) is 2.22. The molecule has 130 valence electrons. The molecule has 3 N–H and O–H groups in total. The highest BCUT2D eigenvalue weighted by molar-refractivity contribution is 6.12. The number of nitrogens with one attached hydrogen (secondary N) is 3. The molecule has 4 rings (SSSR count). The number of carbonyl (C=O) groups is 2. The van der Waals surface area contributed by atoms with Crippen LogP contribution in [0.4, 0.5) is 0 Å². The number of rotatable bonds is 1. The zero-order chi connectivity index (χ0) is 17.7. The molecule has 0 unspecified atom stereocenters. The minimum absolute atomic E-state index is 0.329. The standard InChI is InChI=1S/C12H10.C4H10N2.C4H3NO2/c1-3-7-11(8-4-1)12-9-5-2-6-10-12;1-2-6-4-3-5-1;6-3-1-2-4(7)5-3/h1-10H;5-6H,1-4H2;1-2H,(H,5,6,7). The van der Waals surface area contributed by atoms with E-state index in [1.54, 1.807) is 0 Å². The summed E-state index contributed by atoms with van der Waals surface area (Å²) in [6, 6.07) is 20.8. The van der Waals surface area contributed by atoms with Crippen LogP contribution in [0.25, 0.3) is 11.1 Å².